The number of hydrogen-bond acceptors (Lipinski definition) is 2. The van der Waals surface area contributed by atoms with Crippen LogP contribution in [0.3, 0.4) is 0 Å². The molecule has 2 aliphatic rings. The molecule has 2 rings (SSSR count). The SMILES string of the molecule is C[C@@H]1CC[C@@H](CCB2OC(C)(C)C(C)(C)O2)CC1(C)C. The molecule has 0 radical (unpaired) electrons. The molecule has 2 atom stereocenters. The molecule has 3 heteroatoms. The van der Waals surface area contributed by atoms with Gasteiger partial charge in [0.15, 0.2) is 0 Å². The zero-order valence-corrected chi connectivity index (χ0v) is 14.6. The van der Waals surface area contributed by atoms with Crippen molar-refractivity contribution in [2.24, 2.45) is 17.3 Å². The lowest BCUT2D eigenvalue weighted by Crippen LogP contribution is -2.41. The Kier molecular flexibility index (Phi) is 4.35. The van der Waals surface area contributed by atoms with Gasteiger partial charge < -0.3 is 9.31 Å². The monoisotopic (exact) mass is 280 g/mol. The molecule has 0 unspecified atom stereocenters. The van der Waals surface area contributed by atoms with Crippen LogP contribution in [0, 0.1) is 17.3 Å². The summed E-state index contributed by atoms with van der Waals surface area (Å²) in [5.74, 6) is 1.70. The van der Waals surface area contributed by atoms with E-state index in [1.54, 1.807) is 0 Å². The van der Waals surface area contributed by atoms with Crippen molar-refractivity contribution in [1.29, 1.82) is 0 Å². The summed E-state index contributed by atoms with van der Waals surface area (Å²) in [6.45, 7) is 15.8. The average molecular weight is 280 g/mol. The molecule has 0 amide bonds. The van der Waals surface area contributed by atoms with Crippen LogP contribution in [-0.2, 0) is 9.31 Å². The first-order chi connectivity index (χ1) is 9.03. The minimum Gasteiger partial charge on any atom is -0.403 e. The van der Waals surface area contributed by atoms with Crippen LogP contribution in [0.1, 0.15) is 74.1 Å². The highest BCUT2D eigenvalue weighted by Gasteiger charge is 2.50. The lowest BCUT2D eigenvalue weighted by Gasteiger charge is -2.41. The van der Waals surface area contributed by atoms with Gasteiger partial charge in [0.1, 0.15) is 0 Å². The van der Waals surface area contributed by atoms with Crippen LogP contribution < -0.4 is 0 Å². The highest BCUT2D eigenvalue weighted by atomic mass is 16.7. The quantitative estimate of drug-likeness (QED) is 0.682. The van der Waals surface area contributed by atoms with E-state index in [0.29, 0.717) is 5.41 Å². The molecule has 1 heterocycles. The highest BCUT2D eigenvalue weighted by Crippen LogP contribution is 2.45. The Morgan fingerprint density at radius 2 is 1.50 bits per heavy atom. The Bertz CT molecular complexity index is 333. The summed E-state index contributed by atoms with van der Waals surface area (Å²) in [5.41, 5.74) is 0.134. The van der Waals surface area contributed by atoms with E-state index in [2.05, 4.69) is 48.5 Å². The van der Waals surface area contributed by atoms with Crippen molar-refractivity contribution >= 4 is 7.12 Å². The van der Waals surface area contributed by atoms with Gasteiger partial charge in [-0.15, -0.1) is 0 Å². The van der Waals surface area contributed by atoms with Crippen molar-refractivity contribution in [3.63, 3.8) is 0 Å². The number of hydrogen-bond donors (Lipinski definition) is 0. The zero-order valence-electron chi connectivity index (χ0n) is 14.6. The molecule has 1 saturated heterocycles. The predicted molar refractivity (Wildman–Crippen MR) is 85.8 cm³/mol. The first-order valence-electron chi connectivity index (χ1n) is 8.39. The molecule has 1 saturated carbocycles. The van der Waals surface area contributed by atoms with Crippen molar-refractivity contribution in [3.8, 4) is 0 Å². The molecule has 0 spiro atoms. The third-order valence-electron chi connectivity index (χ3n) is 6.27. The molecule has 0 aromatic rings. The van der Waals surface area contributed by atoms with Gasteiger partial charge in [-0.05, 0) is 64.1 Å². The van der Waals surface area contributed by atoms with E-state index in [9.17, 15) is 0 Å². The summed E-state index contributed by atoms with van der Waals surface area (Å²) in [6, 6.07) is 0. The fourth-order valence-electron chi connectivity index (χ4n) is 3.62. The van der Waals surface area contributed by atoms with Crippen molar-refractivity contribution < 1.29 is 9.31 Å². The van der Waals surface area contributed by atoms with Gasteiger partial charge in [-0.25, -0.2) is 0 Å². The van der Waals surface area contributed by atoms with E-state index in [-0.39, 0.29) is 18.3 Å². The second-order valence-electron chi connectivity index (χ2n) is 8.80. The van der Waals surface area contributed by atoms with Crippen LogP contribution in [0.15, 0.2) is 0 Å². The maximum Gasteiger partial charge on any atom is 0.457 e. The predicted octanol–water partition coefficient (Wildman–Crippen LogP) is 4.93. The van der Waals surface area contributed by atoms with Gasteiger partial charge in [0.25, 0.3) is 0 Å². The Labute approximate surface area is 126 Å². The van der Waals surface area contributed by atoms with Crippen LogP contribution in [0.25, 0.3) is 0 Å². The Morgan fingerprint density at radius 3 is 2.00 bits per heavy atom. The highest BCUT2D eigenvalue weighted by molar-refractivity contribution is 6.45. The molecule has 2 fully saturated rings. The van der Waals surface area contributed by atoms with Crippen molar-refractivity contribution in [2.45, 2.75) is 91.7 Å². The standard InChI is InChI=1S/C17H33BO2/c1-13-8-9-14(12-15(13,2)3)10-11-18-19-16(4,5)17(6,7)20-18/h13-14H,8-12H2,1-7H3/t13-,14+/m1/s1. The van der Waals surface area contributed by atoms with E-state index < -0.39 is 0 Å². The molecule has 0 aromatic carbocycles. The van der Waals surface area contributed by atoms with E-state index in [1.165, 1.54) is 25.7 Å². The minimum absolute atomic E-state index is 0.0116. The molecule has 2 nitrogen and oxygen atoms in total. The van der Waals surface area contributed by atoms with Gasteiger partial charge in [-0.2, -0.15) is 0 Å². The van der Waals surface area contributed by atoms with Gasteiger partial charge in [0, 0.05) is 0 Å². The van der Waals surface area contributed by atoms with Gasteiger partial charge >= 0.3 is 7.12 Å². The summed E-state index contributed by atoms with van der Waals surface area (Å²) in [7, 11) is -0.0116. The molecular weight excluding hydrogens is 247 g/mol. The average Bonchev–Trinajstić information content (AvgIpc) is 2.49. The van der Waals surface area contributed by atoms with Crippen molar-refractivity contribution in [2.75, 3.05) is 0 Å². The molecule has 0 bridgehead atoms. The summed E-state index contributed by atoms with van der Waals surface area (Å²) >= 11 is 0. The van der Waals surface area contributed by atoms with Gasteiger partial charge in [-0.1, -0.05) is 33.6 Å². The third-order valence-corrected chi connectivity index (χ3v) is 6.27. The topological polar surface area (TPSA) is 18.5 Å². The van der Waals surface area contributed by atoms with Crippen molar-refractivity contribution in [1.82, 2.24) is 0 Å². The zero-order chi connectivity index (χ0) is 15.2. The fraction of sp³-hybridized carbons (Fsp3) is 1.00. The second-order valence-corrected chi connectivity index (χ2v) is 8.80. The van der Waals surface area contributed by atoms with Crippen LogP contribution >= 0.6 is 0 Å². The normalized spacial score (nSPS) is 35.2. The van der Waals surface area contributed by atoms with E-state index in [4.69, 9.17) is 9.31 Å². The second kappa shape index (κ2) is 5.32. The van der Waals surface area contributed by atoms with Gasteiger partial charge in [-0.3, -0.25) is 0 Å². The van der Waals surface area contributed by atoms with E-state index >= 15 is 0 Å². The molecular formula is C17H33BO2. The molecule has 1 aliphatic heterocycles. The van der Waals surface area contributed by atoms with Crippen LogP contribution in [0.5, 0.6) is 0 Å². The summed E-state index contributed by atoms with van der Waals surface area (Å²) in [5, 5.41) is 0. The Morgan fingerprint density at radius 1 is 0.950 bits per heavy atom. The largest absolute Gasteiger partial charge is 0.457 e. The first-order valence-corrected chi connectivity index (χ1v) is 8.39. The maximum absolute atomic E-state index is 6.11. The first kappa shape index (κ1) is 16.4. The third kappa shape index (κ3) is 3.25. The molecule has 0 aromatic heterocycles. The molecule has 116 valence electrons. The summed E-state index contributed by atoms with van der Waals surface area (Å²) in [6.07, 6.45) is 6.40. The number of rotatable bonds is 3. The molecule has 20 heavy (non-hydrogen) atoms. The summed E-state index contributed by atoms with van der Waals surface area (Å²) < 4.78 is 12.2. The van der Waals surface area contributed by atoms with Crippen molar-refractivity contribution in [3.05, 3.63) is 0 Å². The minimum atomic E-state index is -0.183. The van der Waals surface area contributed by atoms with E-state index in [0.717, 1.165) is 18.2 Å². The lowest BCUT2D eigenvalue weighted by molar-refractivity contribution is 0.00578. The smallest absolute Gasteiger partial charge is 0.403 e. The van der Waals surface area contributed by atoms with Crippen LogP contribution in [0.2, 0.25) is 6.32 Å². The van der Waals surface area contributed by atoms with Gasteiger partial charge in [0.2, 0.25) is 0 Å². The van der Waals surface area contributed by atoms with Gasteiger partial charge in [0.05, 0.1) is 11.2 Å². The lowest BCUT2D eigenvalue weighted by atomic mass is 9.63. The summed E-state index contributed by atoms with van der Waals surface area (Å²) in [4.78, 5) is 0. The van der Waals surface area contributed by atoms with Crippen LogP contribution in [-0.4, -0.2) is 18.3 Å². The Hall–Kier alpha value is -0.0151. The Balaban J connectivity index is 1.83. The van der Waals surface area contributed by atoms with E-state index in [1.807, 2.05) is 0 Å². The molecule has 0 N–H and O–H groups in total. The van der Waals surface area contributed by atoms with Crippen LogP contribution in [0.4, 0.5) is 0 Å². The molecule has 1 aliphatic carbocycles. The fourth-order valence-corrected chi connectivity index (χ4v) is 3.62. The maximum atomic E-state index is 6.11.